The van der Waals surface area contributed by atoms with E-state index in [1.807, 2.05) is 6.92 Å². The molecule has 1 aromatic carbocycles. The van der Waals surface area contributed by atoms with Gasteiger partial charge in [0.1, 0.15) is 11.9 Å². The van der Waals surface area contributed by atoms with Gasteiger partial charge in [-0.2, -0.15) is 0 Å². The summed E-state index contributed by atoms with van der Waals surface area (Å²) >= 11 is 0. The summed E-state index contributed by atoms with van der Waals surface area (Å²) in [6.45, 7) is 5.10. The molecule has 7 nitrogen and oxygen atoms in total. The summed E-state index contributed by atoms with van der Waals surface area (Å²) in [4.78, 5) is 16.0. The van der Waals surface area contributed by atoms with Crippen molar-refractivity contribution in [3.63, 3.8) is 0 Å². The average Bonchev–Trinajstić information content (AvgIpc) is 3.39. The van der Waals surface area contributed by atoms with E-state index in [4.69, 9.17) is 4.74 Å². The number of hydrogen-bond acceptors (Lipinski definition) is 5. The van der Waals surface area contributed by atoms with E-state index >= 15 is 0 Å². The van der Waals surface area contributed by atoms with Crippen LogP contribution in [0.3, 0.4) is 0 Å². The highest BCUT2D eigenvalue weighted by molar-refractivity contribution is 7.89. The number of ether oxygens (including phenoxy) is 1. The second-order valence-electron chi connectivity index (χ2n) is 9.30. The Balaban J connectivity index is 1.55. The molecule has 172 valence electrons. The molecule has 1 amide bonds. The number of sulfonamides is 1. The minimum atomic E-state index is -3.65. The van der Waals surface area contributed by atoms with Crippen LogP contribution in [0.25, 0.3) is 0 Å². The van der Waals surface area contributed by atoms with Gasteiger partial charge in [-0.3, -0.25) is 9.69 Å². The van der Waals surface area contributed by atoms with Crippen LogP contribution in [0.1, 0.15) is 74.7 Å². The van der Waals surface area contributed by atoms with Gasteiger partial charge in [-0.15, -0.1) is 0 Å². The Morgan fingerprint density at radius 2 is 1.90 bits per heavy atom. The van der Waals surface area contributed by atoms with E-state index in [-0.39, 0.29) is 22.9 Å². The summed E-state index contributed by atoms with van der Waals surface area (Å²) in [5, 5.41) is 3.17. The van der Waals surface area contributed by atoms with Crippen LogP contribution in [0.2, 0.25) is 0 Å². The maximum atomic E-state index is 13.3. The molecule has 2 N–H and O–H groups in total. The fraction of sp³-hybridized carbons (Fsp3) is 0.696. The summed E-state index contributed by atoms with van der Waals surface area (Å²) in [5.41, 5.74) is 1.08. The smallest absolute Gasteiger partial charge is 0.255 e. The number of benzene rings is 1. The number of hydrogen-bond donors (Lipinski definition) is 2. The lowest BCUT2D eigenvalue weighted by Crippen LogP contribution is -2.51. The number of nitrogens with one attached hydrogen (secondary N) is 2. The van der Waals surface area contributed by atoms with Crippen molar-refractivity contribution in [3.8, 4) is 5.75 Å². The van der Waals surface area contributed by atoms with Gasteiger partial charge in [-0.1, -0.05) is 19.3 Å². The lowest BCUT2D eigenvalue weighted by Gasteiger charge is -2.38. The fourth-order valence-electron chi connectivity index (χ4n) is 5.54. The van der Waals surface area contributed by atoms with E-state index in [0.29, 0.717) is 29.8 Å². The number of amides is 1. The molecule has 31 heavy (non-hydrogen) atoms. The third-order valence-corrected chi connectivity index (χ3v) is 8.51. The Labute approximate surface area is 186 Å². The molecule has 0 bridgehead atoms. The van der Waals surface area contributed by atoms with Crippen molar-refractivity contribution < 1.29 is 17.9 Å². The maximum Gasteiger partial charge on any atom is 0.255 e. The predicted molar refractivity (Wildman–Crippen MR) is 120 cm³/mol. The van der Waals surface area contributed by atoms with Gasteiger partial charge >= 0.3 is 0 Å². The highest BCUT2D eigenvalue weighted by Gasteiger charge is 2.36. The quantitative estimate of drug-likeness (QED) is 0.697. The predicted octanol–water partition coefficient (Wildman–Crippen LogP) is 2.83. The van der Waals surface area contributed by atoms with Crippen molar-refractivity contribution in [2.75, 3.05) is 13.6 Å². The average molecular weight is 450 g/mol. The van der Waals surface area contributed by atoms with Crippen LogP contribution in [0.4, 0.5) is 0 Å². The minimum absolute atomic E-state index is 0.0176. The lowest BCUT2D eigenvalue weighted by atomic mass is 9.93. The van der Waals surface area contributed by atoms with Crippen LogP contribution >= 0.6 is 0 Å². The Morgan fingerprint density at radius 3 is 2.61 bits per heavy atom. The molecule has 3 atom stereocenters. The first-order chi connectivity index (χ1) is 14.8. The highest BCUT2D eigenvalue weighted by atomic mass is 32.2. The summed E-state index contributed by atoms with van der Waals surface area (Å²) < 4.78 is 33.1. The van der Waals surface area contributed by atoms with Gasteiger partial charge in [-0.05, 0) is 70.8 Å². The van der Waals surface area contributed by atoms with Crippen molar-refractivity contribution in [2.45, 2.75) is 94.3 Å². The SMILES string of the molecule is CNS(=O)(=O)c1cc2c(c(C(=O)NC(C)C3CCCN3C3CCCCC3)c1)OC(C)C2. The topological polar surface area (TPSA) is 87.7 Å². The molecule has 1 aliphatic carbocycles. The molecule has 0 spiro atoms. The fourth-order valence-corrected chi connectivity index (χ4v) is 6.35. The first-order valence-electron chi connectivity index (χ1n) is 11.6. The zero-order valence-corrected chi connectivity index (χ0v) is 19.6. The Hall–Kier alpha value is -1.64. The van der Waals surface area contributed by atoms with Crippen molar-refractivity contribution >= 4 is 15.9 Å². The number of carbonyl (C=O) groups excluding carboxylic acids is 1. The molecular formula is C23H35N3O4S. The number of rotatable bonds is 6. The van der Waals surface area contributed by atoms with Crippen molar-refractivity contribution in [1.82, 2.24) is 14.9 Å². The van der Waals surface area contributed by atoms with Crippen LogP contribution in [0.5, 0.6) is 5.75 Å². The van der Waals surface area contributed by atoms with Gasteiger partial charge in [0, 0.05) is 24.5 Å². The van der Waals surface area contributed by atoms with Gasteiger partial charge in [-0.25, -0.2) is 13.1 Å². The van der Waals surface area contributed by atoms with Crippen LogP contribution in [-0.2, 0) is 16.4 Å². The third-order valence-electron chi connectivity index (χ3n) is 7.11. The summed E-state index contributed by atoms with van der Waals surface area (Å²) in [7, 11) is -2.28. The number of nitrogens with zero attached hydrogens (tertiary/aromatic N) is 1. The molecule has 2 aliphatic heterocycles. The largest absolute Gasteiger partial charge is 0.489 e. The van der Waals surface area contributed by atoms with Crippen LogP contribution in [0.15, 0.2) is 17.0 Å². The maximum absolute atomic E-state index is 13.3. The standard InChI is InChI=1S/C23H35N3O4S/c1-15-12-17-13-19(31(28,29)24-3)14-20(22(17)30-15)23(27)25-16(2)21-10-7-11-26(21)18-8-5-4-6-9-18/h13-16,18,21,24H,4-12H2,1-3H3,(H,25,27). The van der Waals surface area contributed by atoms with Gasteiger partial charge in [0.25, 0.3) is 5.91 Å². The van der Waals surface area contributed by atoms with Crippen LogP contribution in [-0.4, -0.2) is 57.0 Å². The molecule has 1 saturated heterocycles. The van der Waals surface area contributed by atoms with E-state index in [0.717, 1.165) is 24.9 Å². The highest BCUT2D eigenvalue weighted by Crippen LogP contribution is 2.36. The number of fused-ring (bicyclic) bond motifs is 1. The van der Waals surface area contributed by atoms with Crippen molar-refractivity contribution in [3.05, 3.63) is 23.3 Å². The summed E-state index contributed by atoms with van der Waals surface area (Å²) in [5.74, 6) is 0.254. The lowest BCUT2D eigenvalue weighted by molar-refractivity contribution is 0.0862. The minimum Gasteiger partial charge on any atom is -0.489 e. The normalized spacial score (nSPS) is 25.8. The van der Waals surface area contributed by atoms with E-state index < -0.39 is 10.0 Å². The van der Waals surface area contributed by atoms with E-state index in [9.17, 15) is 13.2 Å². The second kappa shape index (κ2) is 9.08. The monoisotopic (exact) mass is 449 g/mol. The second-order valence-corrected chi connectivity index (χ2v) is 11.2. The van der Waals surface area contributed by atoms with Crippen molar-refractivity contribution in [2.24, 2.45) is 0 Å². The Morgan fingerprint density at radius 1 is 1.16 bits per heavy atom. The molecule has 3 unspecified atom stereocenters. The van der Waals surface area contributed by atoms with Gasteiger partial charge in [0.05, 0.1) is 10.5 Å². The zero-order valence-electron chi connectivity index (χ0n) is 18.8. The Bertz CT molecular complexity index is 927. The van der Waals surface area contributed by atoms with E-state index in [1.165, 1.54) is 45.2 Å². The van der Waals surface area contributed by atoms with E-state index in [1.54, 1.807) is 6.07 Å². The van der Waals surface area contributed by atoms with Crippen LogP contribution < -0.4 is 14.8 Å². The zero-order chi connectivity index (χ0) is 22.2. The van der Waals surface area contributed by atoms with Gasteiger partial charge in [0.2, 0.25) is 10.0 Å². The molecule has 0 aromatic heterocycles. The Kier molecular flexibility index (Phi) is 6.60. The number of carbonyl (C=O) groups is 1. The summed E-state index contributed by atoms with van der Waals surface area (Å²) in [6, 6.07) is 3.99. The van der Waals surface area contributed by atoms with Gasteiger partial charge < -0.3 is 10.1 Å². The molecule has 1 aromatic rings. The molecule has 3 aliphatic rings. The first-order valence-corrected chi connectivity index (χ1v) is 13.1. The third kappa shape index (κ3) is 4.61. The molecular weight excluding hydrogens is 414 g/mol. The van der Waals surface area contributed by atoms with Gasteiger partial charge in [0.15, 0.2) is 0 Å². The molecule has 1 saturated carbocycles. The molecule has 2 heterocycles. The van der Waals surface area contributed by atoms with E-state index in [2.05, 4.69) is 21.9 Å². The molecule has 4 rings (SSSR count). The van der Waals surface area contributed by atoms with Crippen LogP contribution in [0, 0.1) is 0 Å². The number of likely N-dealkylation sites (tertiary alicyclic amines) is 1. The molecule has 0 radical (unpaired) electrons. The molecule has 2 fully saturated rings. The summed E-state index contributed by atoms with van der Waals surface area (Å²) in [6.07, 6.45) is 9.17. The molecule has 8 heteroatoms. The first kappa shape index (κ1) is 22.6. The van der Waals surface area contributed by atoms with Crippen molar-refractivity contribution in [1.29, 1.82) is 0 Å².